The fourth-order valence-electron chi connectivity index (χ4n) is 2.67. The summed E-state index contributed by atoms with van der Waals surface area (Å²) in [5.41, 5.74) is 2.32. The summed E-state index contributed by atoms with van der Waals surface area (Å²) in [6.07, 6.45) is 1.86. The topological polar surface area (TPSA) is 57.1 Å². The van der Waals surface area contributed by atoms with Crippen molar-refractivity contribution >= 4 is 0 Å². The van der Waals surface area contributed by atoms with E-state index < -0.39 is 0 Å². The molecule has 0 aromatic carbocycles. The molecule has 2 rings (SSSR count). The minimum atomic E-state index is 0.231. The number of hydrogen-bond donors (Lipinski definition) is 2. The van der Waals surface area contributed by atoms with Crippen molar-refractivity contribution in [1.29, 1.82) is 0 Å². The Morgan fingerprint density at radius 2 is 2.10 bits per heavy atom. The highest BCUT2D eigenvalue weighted by Crippen LogP contribution is 2.23. The summed E-state index contributed by atoms with van der Waals surface area (Å²) in [5, 5.41) is 10.7. The highest BCUT2D eigenvalue weighted by Gasteiger charge is 2.19. The third-order valence-electron chi connectivity index (χ3n) is 3.37. The molecule has 2 aromatic heterocycles. The van der Waals surface area contributed by atoms with Crippen molar-refractivity contribution < 1.29 is 4.42 Å². The first kappa shape index (κ1) is 15.8. The van der Waals surface area contributed by atoms with E-state index in [1.165, 1.54) is 0 Å². The molecule has 0 spiro atoms. The van der Waals surface area contributed by atoms with Crippen LogP contribution in [0.5, 0.6) is 0 Å². The molecule has 5 heteroatoms. The second kappa shape index (κ2) is 6.45. The number of rotatable bonds is 7. The van der Waals surface area contributed by atoms with Crippen molar-refractivity contribution in [2.75, 3.05) is 27.2 Å². The zero-order valence-corrected chi connectivity index (χ0v) is 13.7. The van der Waals surface area contributed by atoms with E-state index in [4.69, 9.17) is 4.42 Å². The van der Waals surface area contributed by atoms with Crippen LogP contribution in [0.1, 0.15) is 25.2 Å². The van der Waals surface area contributed by atoms with Gasteiger partial charge in [-0.1, -0.05) is 13.8 Å². The van der Waals surface area contributed by atoms with Crippen molar-refractivity contribution in [2.24, 2.45) is 5.41 Å². The Balaban J connectivity index is 1.94. The van der Waals surface area contributed by atoms with Crippen LogP contribution in [0.4, 0.5) is 0 Å². The number of hydrogen-bond acceptors (Lipinski definition) is 4. The summed E-state index contributed by atoms with van der Waals surface area (Å²) in [6.45, 7) is 9.27. The fourth-order valence-corrected chi connectivity index (χ4v) is 2.67. The third kappa shape index (κ3) is 4.44. The second-order valence-electron chi connectivity index (χ2n) is 6.69. The van der Waals surface area contributed by atoms with E-state index in [1.54, 1.807) is 0 Å². The lowest BCUT2D eigenvalue weighted by Crippen LogP contribution is -2.37. The van der Waals surface area contributed by atoms with Crippen LogP contribution in [0.3, 0.4) is 0 Å². The normalized spacial score (nSPS) is 12.3. The summed E-state index contributed by atoms with van der Waals surface area (Å²) < 4.78 is 5.66. The molecule has 2 N–H and O–H groups in total. The lowest BCUT2D eigenvalue weighted by Gasteiger charge is -2.28. The maximum Gasteiger partial charge on any atom is 0.152 e. The molecule has 0 aliphatic carbocycles. The molecule has 0 atom stereocenters. The maximum atomic E-state index is 5.66. The van der Waals surface area contributed by atoms with Gasteiger partial charge in [0.15, 0.2) is 5.76 Å². The predicted octanol–water partition coefficient (Wildman–Crippen LogP) is 2.66. The van der Waals surface area contributed by atoms with Gasteiger partial charge in [-0.05, 0) is 38.6 Å². The van der Waals surface area contributed by atoms with E-state index in [9.17, 15) is 0 Å². The van der Waals surface area contributed by atoms with Gasteiger partial charge in [0.2, 0.25) is 0 Å². The van der Waals surface area contributed by atoms with Crippen molar-refractivity contribution in [2.45, 2.75) is 27.3 Å². The third-order valence-corrected chi connectivity index (χ3v) is 3.37. The van der Waals surface area contributed by atoms with Crippen molar-refractivity contribution in [3.8, 4) is 11.5 Å². The van der Waals surface area contributed by atoms with E-state index in [1.807, 2.05) is 25.3 Å². The van der Waals surface area contributed by atoms with Crippen LogP contribution < -0.4 is 5.32 Å². The number of H-pyrrole nitrogens is 1. The van der Waals surface area contributed by atoms with Crippen LogP contribution >= 0.6 is 0 Å². The molecule has 5 nitrogen and oxygen atoms in total. The maximum absolute atomic E-state index is 5.66. The lowest BCUT2D eigenvalue weighted by atomic mass is 9.93. The van der Waals surface area contributed by atoms with E-state index in [0.29, 0.717) is 0 Å². The Morgan fingerprint density at radius 1 is 1.33 bits per heavy atom. The largest absolute Gasteiger partial charge is 0.460 e. The van der Waals surface area contributed by atoms with Gasteiger partial charge in [-0.3, -0.25) is 5.10 Å². The van der Waals surface area contributed by atoms with E-state index in [-0.39, 0.29) is 5.41 Å². The number of aromatic nitrogens is 2. The average molecular weight is 290 g/mol. The molecule has 2 heterocycles. The Hall–Kier alpha value is -1.59. The second-order valence-corrected chi connectivity index (χ2v) is 6.69. The molecule has 0 aliphatic rings. The Labute approximate surface area is 126 Å². The van der Waals surface area contributed by atoms with Gasteiger partial charge in [-0.2, -0.15) is 5.10 Å². The predicted molar refractivity (Wildman–Crippen MR) is 85.1 cm³/mol. The van der Waals surface area contributed by atoms with Crippen LogP contribution in [-0.4, -0.2) is 42.3 Å². The number of aryl methyl sites for hydroxylation is 1. The lowest BCUT2D eigenvalue weighted by molar-refractivity contribution is 0.232. The first-order chi connectivity index (χ1) is 9.87. The van der Waals surface area contributed by atoms with Gasteiger partial charge < -0.3 is 14.6 Å². The SMILES string of the molecule is Cc1ccc(-c2[nH]ncc2CNCC(C)(C)CN(C)C)o1. The molecule has 2 aromatic rings. The molecule has 116 valence electrons. The Kier molecular flexibility index (Phi) is 4.85. The molecule has 0 unspecified atom stereocenters. The van der Waals surface area contributed by atoms with Crippen LogP contribution in [0.15, 0.2) is 22.7 Å². The number of nitrogens with zero attached hydrogens (tertiary/aromatic N) is 2. The molecule has 0 amide bonds. The zero-order valence-electron chi connectivity index (χ0n) is 13.7. The number of aromatic amines is 1. The molecule has 0 radical (unpaired) electrons. The van der Waals surface area contributed by atoms with Crippen LogP contribution in [0.2, 0.25) is 0 Å². The van der Waals surface area contributed by atoms with Gasteiger partial charge in [-0.15, -0.1) is 0 Å². The van der Waals surface area contributed by atoms with Gasteiger partial charge in [-0.25, -0.2) is 0 Å². The fraction of sp³-hybridized carbons (Fsp3) is 0.562. The van der Waals surface area contributed by atoms with Crippen molar-refractivity contribution in [3.63, 3.8) is 0 Å². The molecular formula is C16H26N4O. The molecular weight excluding hydrogens is 264 g/mol. The molecule has 0 fully saturated rings. The summed E-state index contributed by atoms with van der Waals surface area (Å²) in [5.74, 6) is 1.75. The highest BCUT2D eigenvalue weighted by molar-refractivity contribution is 5.56. The van der Waals surface area contributed by atoms with Gasteiger partial charge in [0.05, 0.1) is 6.20 Å². The van der Waals surface area contributed by atoms with Crippen molar-refractivity contribution in [3.05, 3.63) is 29.7 Å². The van der Waals surface area contributed by atoms with E-state index in [0.717, 1.165) is 42.4 Å². The monoisotopic (exact) mass is 290 g/mol. The van der Waals surface area contributed by atoms with E-state index in [2.05, 4.69) is 48.4 Å². The average Bonchev–Trinajstić information content (AvgIpc) is 2.95. The van der Waals surface area contributed by atoms with E-state index >= 15 is 0 Å². The molecule has 0 aliphatic heterocycles. The van der Waals surface area contributed by atoms with Crippen LogP contribution in [0.25, 0.3) is 11.5 Å². The standard InChI is InChI=1S/C16H26N4O/c1-12-6-7-14(21-12)15-13(9-18-19-15)8-17-10-16(2,3)11-20(4)5/h6-7,9,17H,8,10-11H2,1-5H3,(H,18,19). The molecule has 0 bridgehead atoms. The summed E-state index contributed by atoms with van der Waals surface area (Å²) in [7, 11) is 4.21. The molecule has 0 saturated heterocycles. The van der Waals surface area contributed by atoms with Crippen LogP contribution in [-0.2, 0) is 6.54 Å². The van der Waals surface area contributed by atoms with Gasteiger partial charge in [0, 0.05) is 25.2 Å². The van der Waals surface area contributed by atoms with Gasteiger partial charge in [0.1, 0.15) is 11.5 Å². The Morgan fingerprint density at radius 3 is 2.71 bits per heavy atom. The van der Waals surface area contributed by atoms with Gasteiger partial charge >= 0.3 is 0 Å². The Bertz CT molecular complexity index is 568. The first-order valence-electron chi connectivity index (χ1n) is 7.32. The smallest absolute Gasteiger partial charge is 0.152 e. The number of furan rings is 1. The zero-order chi connectivity index (χ0) is 15.5. The minimum absolute atomic E-state index is 0.231. The van der Waals surface area contributed by atoms with Gasteiger partial charge in [0.25, 0.3) is 0 Å². The summed E-state index contributed by atoms with van der Waals surface area (Å²) in [4.78, 5) is 2.22. The minimum Gasteiger partial charge on any atom is -0.460 e. The molecule has 21 heavy (non-hydrogen) atoms. The number of nitrogens with one attached hydrogen (secondary N) is 2. The summed E-state index contributed by atoms with van der Waals surface area (Å²) in [6, 6.07) is 3.94. The summed E-state index contributed by atoms with van der Waals surface area (Å²) >= 11 is 0. The van der Waals surface area contributed by atoms with Crippen LogP contribution in [0, 0.1) is 12.3 Å². The molecule has 0 saturated carbocycles. The first-order valence-corrected chi connectivity index (χ1v) is 7.32. The quantitative estimate of drug-likeness (QED) is 0.823. The highest BCUT2D eigenvalue weighted by atomic mass is 16.3. The van der Waals surface area contributed by atoms with Crippen molar-refractivity contribution in [1.82, 2.24) is 20.4 Å².